The first-order valence-corrected chi connectivity index (χ1v) is 12.9. The lowest BCUT2D eigenvalue weighted by molar-refractivity contribution is -0.113. The summed E-state index contributed by atoms with van der Waals surface area (Å²) in [5.41, 5.74) is 4.43. The summed E-state index contributed by atoms with van der Waals surface area (Å²) in [5.74, 6) is 0.573. The standard InChI is InChI=1S/C23H27N5O3S2/c1-5-12-24-33(30,31)15-19-8-10-20(11-9-19)25-22(29)14-32-23-27-26-18(4)28(23)21-13-16(2)6-7-17(21)3/h5-11,13,24H,1,12,14-15H2,2-4H3,(H,25,29). The van der Waals surface area contributed by atoms with Crippen molar-refractivity contribution in [3.63, 3.8) is 0 Å². The van der Waals surface area contributed by atoms with Crippen molar-refractivity contribution in [2.75, 3.05) is 17.6 Å². The highest BCUT2D eigenvalue weighted by Crippen LogP contribution is 2.25. The van der Waals surface area contributed by atoms with Crippen molar-refractivity contribution in [1.29, 1.82) is 0 Å². The molecule has 2 aromatic carbocycles. The Morgan fingerprint density at radius 3 is 2.55 bits per heavy atom. The molecule has 0 aliphatic heterocycles. The zero-order chi connectivity index (χ0) is 24.0. The normalized spacial score (nSPS) is 11.4. The Balaban J connectivity index is 1.62. The van der Waals surface area contributed by atoms with Gasteiger partial charge in [0.1, 0.15) is 5.82 Å². The highest BCUT2D eigenvalue weighted by Gasteiger charge is 2.15. The van der Waals surface area contributed by atoms with Crippen LogP contribution in [0.15, 0.2) is 60.3 Å². The van der Waals surface area contributed by atoms with E-state index in [0.29, 0.717) is 16.4 Å². The topological polar surface area (TPSA) is 106 Å². The van der Waals surface area contributed by atoms with E-state index in [2.05, 4.69) is 45.0 Å². The first-order chi connectivity index (χ1) is 15.7. The molecule has 0 radical (unpaired) electrons. The lowest BCUT2D eigenvalue weighted by atomic mass is 10.1. The van der Waals surface area contributed by atoms with Gasteiger partial charge in [0.15, 0.2) is 5.16 Å². The van der Waals surface area contributed by atoms with E-state index in [-0.39, 0.29) is 24.0 Å². The van der Waals surface area contributed by atoms with Crippen LogP contribution in [0.5, 0.6) is 0 Å². The molecule has 0 bridgehead atoms. The van der Waals surface area contributed by atoms with Crippen molar-refractivity contribution in [3.8, 4) is 5.69 Å². The molecule has 10 heteroatoms. The summed E-state index contributed by atoms with van der Waals surface area (Å²) >= 11 is 1.30. The van der Waals surface area contributed by atoms with Crippen molar-refractivity contribution < 1.29 is 13.2 Å². The molecule has 3 rings (SSSR count). The van der Waals surface area contributed by atoms with Crippen molar-refractivity contribution in [1.82, 2.24) is 19.5 Å². The summed E-state index contributed by atoms with van der Waals surface area (Å²) in [6, 6.07) is 12.9. The van der Waals surface area contributed by atoms with E-state index in [9.17, 15) is 13.2 Å². The molecule has 1 aromatic heterocycles. The van der Waals surface area contributed by atoms with Crippen molar-refractivity contribution >= 4 is 33.4 Å². The molecule has 3 aromatic rings. The molecule has 2 N–H and O–H groups in total. The highest BCUT2D eigenvalue weighted by atomic mass is 32.2. The third kappa shape index (κ3) is 6.77. The average molecular weight is 486 g/mol. The van der Waals surface area contributed by atoms with Crippen LogP contribution in [-0.4, -0.2) is 41.4 Å². The molecule has 0 atom stereocenters. The van der Waals surface area contributed by atoms with E-state index in [1.54, 1.807) is 24.3 Å². The molecule has 33 heavy (non-hydrogen) atoms. The number of thioether (sulfide) groups is 1. The first kappa shape index (κ1) is 24.7. The Bertz CT molecular complexity index is 1250. The van der Waals surface area contributed by atoms with Gasteiger partial charge in [-0.25, -0.2) is 13.1 Å². The molecular weight excluding hydrogens is 458 g/mol. The van der Waals surface area contributed by atoms with Gasteiger partial charge in [0.05, 0.1) is 17.2 Å². The van der Waals surface area contributed by atoms with Gasteiger partial charge in [-0.15, -0.1) is 16.8 Å². The molecule has 0 fully saturated rings. The second-order valence-electron chi connectivity index (χ2n) is 7.59. The number of nitrogens with zero attached hydrogens (tertiary/aromatic N) is 3. The lowest BCUT2D eigenvalue weighted by Crippen LogP contribution is -2.25. The Kier molecular flexibility index (Phi) is 8.06. The largest absolute Gasteiger partial charge is 0.325 e. The number of amides is 1. The predicted octanol–water partition coefficient (Wildman–Crippen LogP) is 3.53. The second kappa shape index (κ2) is 10.8. The van der Waals surface area contributed by atoms with E-state index in [4.69, 9.17) is 0 Å². The van der Waals surface area contributed by atoms with Crippen LogP contribution in [-0.2, 0) is 20.6 Å². The maximum absolute atomic E-state index is 12.5. The fourth-order valence-electron chi connectivity index (χ4n) is 3.14. The van der Waals surface area contributed by atoms with Crippen LogP contribution in [0.3, 0.4) is 0 Å². The second-order valence-corrected chi connectivity index (χ2v) is 10.3. The smallest absolute Gasteiger partial charge is 0.234 e. The van der Waals surface area contributed by atoms with Crippen molar-refractivity contribution in [2.45, 2.75) is 31.7 Å². The van der Waals surface area contributed by atoms with Gasteiger partial charge < -0.3 is 5.32 Å². The molecule has 0 spiro atoms. The van der Waals surface area contributed by atoms with Crippen LogP contribution in [0.2, 0.25) is 0 Å². The van der Waals surface area contributed by atoms with Crippen LogP contribution in [0.4, 0.5) is 5.69 Å². The Morgan fingerprint density at radius 1 is 1.12 bits per heavy atom. The third-order valence-electron chi connectivity index (χ3n) is 4.78. The number of carbonyl (C=O) groups is 1. The number of hydrogen-bond acceptors (Lipinski definition) is 6. The predicted molar refractivity (Wildman–Crippen MR) is 132 cm³/mol. The molecule has 0 saturated heterocycles. The van der Waals surface area contributed by atoms with E-state index in [0.717, 1.165) is 22.6 Å². The highest BCUT2D eigenvalue weighted by molar-refractivity contribution is 7.99. The summed E-state index contributed by atoms with van der Waals surface area (Å²) in [6.45, 7) is 9.62. The van der Waals surface area contributed by atoms with Crippen molar-refractivity contribution in [2.24, 2.45) is 0 Å². The van der Waals surface area contributed by atoms with E-state index >= 15 is 0 Å². The number of aromatic nitrogens is 3. The molecule has 0 unspecified atom stereocenters. The van der Waals surface area contributed by atoms with Gasteiger partial charge in [-0.1, -0.05) is 42.1 Å². The number of sulfonamides is 1. The van der Waals surface area contributed by atoms with E-state index in [1.807, 2.05) is 25.3 Å². The van der Waals surface area contributed by atoms with Crippen LogP contribution in [0.1, 0.15) is 22.5 Å². The number of benzene rings is 2. The average Bonchev–Trinajstić information content (AvgIpc) is 3.14. The summed E-state index contributed by atoms with van der Waals surface area (Å²) in [7, 11) is -3.43. The maximum atomic E-state index is 12.5. The molecule has 1 heterocycles. The van der Waals surface area contributed by atoms with Gasteiger partial charge in [-0.05, 0) is 55.7 Å². The van der Waals surface area contributed by atoms with Gasteiger partial charge in [-0.3, -0.25) is 9.36 Å². The summed E-state index contributed by atoms with van der Waals surface area (Å²) in [4.78, 5) is 12.5. The number of aryl methyl sites for hydroxylation is 3. The van der Waals surface area contributed by atoms with Crippen LogP contribution < -0.4 is 10.0 Å². The van der Waals surface area contributed by atoms with Gasteiger partial charge in [-0.2, -0.15) is 0 Å². The zero-order valence-corrected chi connectivity index (χ0v) is 20.5. The van der Waals surface area contributed by atoms with E-state index < -0.39 is 10.0 Å². The van der Waals surface area contributed by atoms with Gasteiger partial charge >= 0.3 is 0 Å². The summed E-state index contributed by atoms with van der Waals surface area (Å²) in [6.07, 6.45) is 1.49. The Hall–Kier alpha value is -2.95. The number of hydrogen-bond donors (Lipinski definition) is 2. The van der Waals surface area contributed by atoms with Crippen LogP contribution in [0.25, 0.3) is 5.69 Å². The Morgan fingerprint density at radius 2 is 1.85 bits per heavy atom. The first-order valence-electron chi connectivity index (χ1n) is 10.3. The minimum Gasteiger partial charge on any atom is -0.325 e. The monoisotopic (exact) mass is 485 g/mol. The van der Waals surface area contributed by atoms with Gasteiger partial charge in [0.2, 0.25) is 15.9 Å². The molecule has 174 valence electrons. The molecule has 0 aliphatic rings. The third-order valence-corrected chi connectivity index (χ3v) is 7.02. The number of nitrogens with one attached hydrogen (secondary N) is 2. The summed E-state index contributed by atoms with van der Waals surface area (Å²) < 4.78 is 28.3. The van der Waals surface area contributed by atoms with Gasteiger partial charge in [0.25, 0.3) is 0 Å². The zero-order valence-electron chi connectivity index (χ0n) is 18.8. The molecule has 0 saturated carbocycles. The molecule has 8 nitrogen and oxygen atoms in total. The number of rotatable bonds is 10. The van der Waals surface area contributed by atoms with Crippen LogP contribution >= 0.6 is 11.8 Å². The minimum atomic E-state index is -3.43. The fraction of sp³-hybridized carbons (Fsp3) is 0.261. The quantitative estimate of drug-likeness (QED) is 0.336. The molecule has 1 amide bonds. The van der Waals surface area contributed by atoms with Gasteiger partial charge in [0, 0.05) is 12.2 Å². The maximum Gasteiger partial charge on any atom is 0.234 e. The molecule has 0 aliphatic carbocycles. The lowest BCUT2D eigenvalue weighted by Gasteiger charge is -2.12. The molecular formula is C23H27N5O3S2. The van der Waals surface area contributed by atoms with E-state index in [1.165, 1.54) is 17.8 Å². The van der Waals surface area contributed by atoms with Crippen molar-refractivity contribution in [3.05, 3.63) is 77.6 Å². The SMILES string of the molecule is C=CCNS(=O)(=O)Cc1ccc(NC(=O)CSc2nnc(C)n2-c2cc(C)ccc2C)cc1. The fourth-order valence-corrected chi connectivity index (χ4v) is 5.04. The number of carbonyl (C=O) groups excluding carboxylic acids is 1. The van der Waals surface area contributed by atoms with Crippen LogP contribution in [0, 0.1) is 20.8 Å². The summed E-state index contributed by atoms with van der Waals surface area (Å²) in [5, 5.41) is 11.9. The minimum absolute atomic E-state index is 0.141. The Labute approximate surface area is 198 Å². The number of anilines is 1.